The quantitative estimate of drug-likeness (QED) is 0.642. The molecule has 0 radical (unpaired) electrons. The van der Waals surface area contributed by atoms with Gasteiger partial charge >= 0.3 is 0 Å². The molecule has 2 rings (SSSR count). The number of methoxy groups -OCH3 is 1. The number of nitrogens with one attached hydrogen (secondary N) is 1. The van der Waals surface area contributed by atoms with Gasteiger partial charge in [-0.2, -0.15) is 5.10 Å². The van der Waals surface area contributed by atoms with E-state index in [0.717, 1.165) is 0 Å². The van der Waals surface area contributed by atoms with Gasteiger partial charge in [0.25, 0.3) is 5.69 Å². The molecule has 0 fully saturated rings. The van der Waals surface area contributed by atoms with Crippen molar-refractivity contribution in [1.82, 2.24) is 15.2 Å². The summed E-state index contributed by atoms with van der Waals surface area (Å²) in [5, 5.41) is 17.7. The van der Waals surface area contributed by atoms with Gasteiger partial charge in [-0.3, -0.25) is 15.2 Å². The summed E-state index contributed by atoms with van der Waals surface area (Å²) in [5.74, 6) is 1.51. The Morgan fingerprint density at radius 2 is 2.14 bits per heavy atom. The molecule has 0 aliphatic carbocycles. The zero-order valence-corrected chi connectivity index (χ0v) is 12.0. The van der Waals surface area contributed by atoms with Crippen LogP contribution in [0, 0.1) is 16.0 Å². The van der Waals surface area contributed by atoms with Gasteiger partial charge in [-0.25, -0.2) is 4.98 Å². The zero-order valence-electron chi connectivity index (χ0n) is 12.0. The lowest BCUT2D eigenvalue weighted by atomic mass is 10.1. The number of rotatable bonds is 5. The van der Waals surface area contributed by atoms with E-state index in [9.17, 15) is 10.1 Å². The smallest absolute Gasteiger partial charge is 0.270 e. The van der Waals surface area contributed by atoms with Crippen molar-refractivity contribution in [3.63, 3.8) is 0 Å². The summed E-state index contributed by atoms with van der Waals surface area (Å²) in [7, 11) is 1.48. The first-order chi connectivity index (χ1) is 9.93. The Morgan fingerprint density at radius 1 is 1.43 bits per heavy atom. The number of nitrogens with two attached hydrogens (primary N) is 1. The van der Waals surface area contributed by atoms with E-state index in [1.165, 1.54) is 25.3 Å². The zero-order chi connectivity index (χ0) is 15.6. The summed E-state index contributed by atoms with van der Waals surface area (Å²) in [6.07, 6.45) is 0. The van der Waals surface area contributed by atoms with Gasteiger partial charge < -0.3 is 10.5 Å². The Labute approximate surface area is 121 Å². The molecule has 0 amide bonds. The van der Waals surface area contributed by atoms with Crippen LogP contribution in [-0.4, -0.2) is 27.2 Å². The molecule has 8 heteroatoms. The fourth-order valence-corrected chi connectivity index (χ4v) is 1.84. The average Bonchev–Trinajstić information content (AvgIpc) is 2.95. The third-order valence-corrected chi connectivity index (χ3v) is 3.17. The minimum Gasteiger partial charge on any atom is -0.496 e. The molecule has 0 spiro atoms. The van der Waals surface area contributed by atoms with E-state index < -0.39 is 4.92 Å². The lowest BCUT2D eigenvalue weighted by Crippen LogP contribution is -2.18. The number of aromatic nitrogens is 3. The van der Waals surface area contributed by atoms with E-state index >= 15 is 0 Å². The minimum atomic E-state index is -0.476. The lowest BCUT2D eigenvalue weighted by Gasteiger charge is -2.11. The molecule has 0 saturated carbocycles. The Morgan fingerprint density at radius 3 is 2.71 bits per heavy atom. The molecule has 8 nitrogen and oxygen atoms in total. The van der Waals surface area contributed by atoms with Crippen molar-refractivity contribution in [2.24, 2.45) is 11.7 Å². The first kappa shape index (κ1) is 14.9. The minimum absolute atomic E-state index is 0.0506. The maximum absolute atomic E-state index is 10.9. The van der Waals surface area contributed by atoms with Crippen molar-refractivity contribution in [2.45, 2.75) is 19.9 Å². The molecule has 0 unspecified atom stereocenters. The highest BCUT2D eigenvalue weighted by atomic mass is 16.6. The summed E-state index contributed by atoms with van der Waals surface area (Å²) in [6, 6.07) is 3.99. The van der Waals surface area contributed by atoms with Crippen molar-refractivity contribution in [3.05, 3.63) is 34.1 Å². The maximum atomic E-state index is 10.9. The van der Waals surface area contributed by atoms with Crippen LogP contribution in [0.15, 0.2) is 18.2 Å². The summed E-state index contributed by atoms with van der Waals surface area (Å²) in [4.78, 5) is 14.7. The number of non-ortho nitro benzene ring substituents is 1. The van der Waals surface area contributed by atoms with Crippen LogP contribution in [0.3, 0.4) is 0 Å². The van der Waals surface area contributed by atoms with Crippen molar-refractivity contribution in [2.75, 3.05) is 7.11 Å². The molecule has 1 aromatic heterocycles. The number of nitro groups is 1. The summed E-state index contributed by atoms with van der Waals surface area (Å²) in [6.45, 7) is 3.95. The van der Waals surface area contributed by atoms with Crippen molar-refractivity contribution in [1.29, 1.82) is 0 Å². The predicted molar refractivity (Wildman–Crippen MR) is 76.8 cm³/mol. The Kier molecular flexibility index (Phi) is 4.18. The topological polar surface area (TPSA) is 120 Å². The Hall–Kier alpha value is -2.48. The van der Waals surface area contributed by atoms with Crippen LogP contribution in [-0.2, 0) is 0 Å². The van der Waals surface area contributed by atoms with Crippen LogP contribution in [0.25, 0.3) is 11.4 Å². The monoisotopic (exact) mass is 291 g/mol. The van der Waals surface area contributed by atoms with Crippen LogP contribution in [0.5, 0.6) is 5.75 Å². The highest BCUT2D eigenvalue weighted by molar-refractivity contribution is 5.67. The Balaban J connectivity index is 2.45. The lowest BCUT2D eigenvalue weighted by molar-refractivity contribution is -0.384. The number of benzene rings is 1. The highest BCUT2D eigenvalue weighted by Gasteiger charge is 2.19. The largest absolute Gasteiger partial charge is 0.496 e. The molecule has 2 aromatic rings. The van der Waals surface area contributed by atoms with E-state index in [1.807, 2.05) is 13.8 Å². The van der Waals surface area contributed by atoms with Gasteiger partial charge in [0.15, 0.2) is 5.82 Å². The number of nitrogens with zero attached hydrogens (tertiary/aromatic N) is 3. The molecular formula is C13H17N5O3. The second-order valence-corrected chi connectivity index (χ2v) is 4.96. The molecule has 0 aliphatic rings. The first-order valence-corrected chi connectivity index (χ1v) is 6.44. The molecule has 1 heterocycles. The SMILES string of the molecule is COc1ccc([N+](=O)[O-])cc1-c1n[nH]c([C@@H](N)C(C)C)n1. The first-order valence-electron chi connectivity index (χ1n) is 6.44. The predicted octanol–water partition coefficient (Wildman–Crippen LogP) is 2.04. The standard InChI is InChI=1S/C13H17N5O3/c1-7(2)11(14)13-15-12(16-17-13)9-6-8(18(19)20)4-5-10(9)21-3/h4-7,11H,14H2,1-3H3,(H,15,16,17)/t11-/m0/s1. The van der Waals surface area contributed by atoms with Gasteiger partial charge in [-0.05, 0) is 12.0 Å². The number of H-pyrrole nitrogens is 1. The average molecular weight is 291 g/mol. The number of aromatic amines is 1. The maximum Gasteiger partial charge on any atom is 0.270 e. The summed E-state index contributed by atoms with van der Waals surface area (Å²) in [5.41, 5.74) is 6.40. The van der Waals surface area contributed by atoms with Gasteiger partial charge in [-0.15, -0.1) is 0 Å². The van der Waals surface area contributed by atoms with E-state index in [1.54, 1.807) is 0 Å². The van der Waals surface area contributed by atoms with Crippen LogP contribution in [0.1, 0.15) is 25.7 Å². The molecule has 1 atom stereocenters. The van der Waals surface area contributed by atoms with E-state index in [2.05, 4.69) is 15.2 Å². The van der Waals surface area contributed by atoms with Gasteiger partial charge in [0.05, 0.1) is 23.6 Å². The van der Waals surface area contributed by atoms with Crippen molar-refractivity contribution in [3.8, 4) is 17.1 Å². The molecule has 3 N–H and O–H groups in total. The van der Waals surface area contributed by atoms with Crippen LogP contribution >= 0.6 is 0 Å². The van der Waals surface area contributed by atoms with Gasteiger partial charge in [-0.1, -0.05) is 13.8 Å². The number of hydrogen-bond donors (Lipinski definition) is 2. The fourth-order valence-electron chi connectivity index (χ4n) is 1.84. The fraction of sp³-hybridized carbons (Fsp3) is 0.385. The molecule has 1 aromatic carbocycles. The second-order valence-electron chi connectivity index (χ2n) is 4.96. The summed E-state index contributed by atoms with van der Waals surface area (Å²) >= 11 is 0. The van der Waals surface area contributed by atoms with Crippen LogP contribution in [0.4, 0.5) is 5.69 Å². The van der Waals surface area contributed by atoms with Gasteiger partial charge in [0.2, 0.25) is 0 Å². The molecule has 0 aliphatic heterocycles. The van der Waals surface area contributed by atoms with Gasteiger partial charge in [0, 0.05) is 12.1 Å². The van der Waals surface area contributed by atoms with E-state index in [0.29, 0.717) is 23.0 Å². The Bertz CT molecular complexity index is 653. The molecule has 112 valence electrons. The van der Waals surface area contributed by atoms with Crippen molar-refractivity contribution < 1.29 is 9.66 Å². The van der Waals surface area contributed by atoms with Crippen LogP contribution in [0.2, 0.25) is 0 Å². The third kappa shape index (κ3) is 3.00. The molecule has 0 bridgehead atoms. The van der Waals surface area contributed by atoms with Crippen LogP contribution < -0.4 is 10.5 Å². The molecule has 0 saturated heterocycles. The normalized spacial score (nSPS) is 12.4. The molecular weight excluding hydrogens is 274 g/mol. The summed E-state index contributed by atoms with van der Waals surface area (Å²) < 4.78 is 5.20. The highest BCUT2D eigenvalue weighted by Crippen LogP contribution is 2.31. The van der Waals surface area contributed by atoms with Gasteiger partial charge in [0.1, 0.15) is 11.6 Å². The second kappa shape index (κ2) is 5.88. The number of nitro benzene ring substituents is 1. The third-order valence-electron chi connectivity index (χ3n) is 3.17. The van der Waals surface area contributed by atoms with E-state index in [-0.39, 0.29) is 17.6 Å². The van der Waals surface area contributed by atoms with E-state index in [4.69, 9.17) is 10.5 Å². The number of hydrogen-bond acceptors (Lipinski definition) is 6. The number of ether oxygens (including phenoxy) is 1. The van der Waals surface area contributed by atoms with Crippen molar-refractivity contribution >= 4 is 5.69 Å². The molecule has 21 heavy (non-hydrogen) atoms.